The van der Waals surface area contributed by atoms with Crippen molar-refractivity contribution < 1.29 is 9.53 Å². The van der Waals surface area contributed by atoms with Crippen molar-refractivity contribution in [2.24, 2.45) is 0 Å². The molecule has 0 saturated carbocycles. The van der Waals surface area contributed by atoms with E-state index in [4.69, 9.17) is 4.74 Å². The van der Waals surface area contributed by atoms with Crippen LogP contribution in [0.3, 0.4) is 0 Å². The van der Waals surface area contributed by atoms with Gasteiger partial charge in [0.2, 0.25) is 0 Å². The number of hydrogen-bond donors (Lipinski definition) is 0. The maximum atomic E-state index is 10.6. The smallest absolute Gasteiger partial charge is 0.302 e. The number of hydrogen-bond acceptors (Lipinski definition) is 2. The first-order valence-electron chi connectivity index (χ1n) is 8.96. The molecule has 1 rings (SSSR count). The molecule has 0 radical (unpaired) electrons. The lowest BCUT2D eigenvalue weighted by Gasteiger charge is -2.04. The first-order chi connectivity index (χ1) is 10.8. The minimum absolute atomic E-state index is 0.160. The van der Waals surface area contributed by atoms with Crippen LogP contribution in [-0.2, 0) is 16.0 Å². The summed E-state index contributed by atoms with van der Waals surface area (Å²) in [6.07, 6.45) is 14.2. The second kappa shape index (κ2) is 13.4. The number of aryl methyl sites for hydroxylation is 1. The van der Waals surface area contributed by atoms with E-state index in [1.165, 1.54) is 76.7 Å². The van der Waals surface area contributed by atoms with Crippen LogP contribution in [-0.4, -0.2) is 12.6 Å². The predicted octanol–water partition coefficient (Wildman–Crippen LogP) is 5.69. The van der Waals surface area contributed by atoms with Gasteiger partial charge in [-0.05, 0) is 24.8 Å². The average molecular weight is 304 g/mol. The average Bonchev–Trinajstić information content (AvgIpc) is 2.52. The molecule has 0 bridgehead atoms. The molecule has 0 heterocycles. The Balaban J connectivity index is 1.76. The van der Waals surface area contributed by atoms with E-state index in [0.717, 1.165) is 6.42 Å². The minimum Gasteiger partial charge on any atom is -0.466 e. The van der Waals surface area contributed by atoms with Crippen molar-refractivity contribution in [3.63, 3.8) is 0 Å². The highest BCUT2D eigenvalue weighted by atomic mass is 16.5. The Bertz CT molecular complexity index is 373. The van der Waals surface area contributed by atoms with Gasteiger partial charge < -0.3 is 4.74 Å². The van der Waals surface area contributed by atoms with Crippen LogP contribution in [0, 0.1) is 0 Å². The second-order valence-electron chi connectivity index (χ2n) is 6.11. The van der Waals surface area contributed by atoms with Crippen molar-refractivity contribution in [3.05, 3.63) is 35.9 Å². The normalized spacial score (nSPS) is 10.6. The summed E-state index contributed by atoms with van der Waals surface area (Å²) in [6.45, 7) is 2.07. The van der Waals surface area contributed by atoms with Crippen LogP contribution in [0.2, 0.25) is 0 Å². The maximum absolute atomic E-state index is 10.6. The van der Waals surface area contributed by atoms with Crippen molar-refractivity contribution in [2.45, 2.75) is 77.6 Å². The van der Waals surface area contributed by atoms with Crippen LogP contribution >= 0.6 is 0 Å². The molecule has 22 heavy (non-hydrogen) atoms. The molecule has 0 amide bonds. The third-order valence-corrected chi connectivity index (χ3v) is 4.01. The van der Waals surface area contributed by atoms with Gasteiger partial charge in [0.15, 0.2) is 0 Å². The molecule has 2 nitrogen and oxygen atoms in total. The molecule has 0 saturated heterocycles. The molecular formula is C20H32O2. The molecule has 0 spiro atoms. The number of rotatable bonds is 13. The van der Waals surface area contributed by atoms with Gasteiger partial charge in [0.1, 0.15) is 0 Å². The van der Waals surface area contributed by atoms with Gasteiger partial charge in [-0.1, -0.05) is 81.7 Å². The summed E-state index contributed by atoms with van der Waals surface area (Å²) in [6, 6.07) is 10.8. The molecule has 2 heteroatoms. The lowest BCUT2D eigenvalue weighted by Crippen LogP contribution is -2.00. The molecule has 124 valence electrons. The Hall–Kier alpha value is -1.31. The van der Waals surface area contributed by atoms with Crippen LogP contribution in [0.5, 0.6) is 0 Å². The van der Waals surface area contributed by atoms with Crippen LogP contribution in [0.4, 0.5) is 0 Å². The van der Waals surface area contributed by atoms with E-state index in [0.29, 0.717) is 6.61 Å². The zero-order valence-electron chi connectivity index (χ0n) is 14.2. The Morgan fingerprint density at radius 1 is 0.773 bits per heavy atom. The summed E-state index contributed by atoms with van der Waals surface area (Å²) < 4.78 is 4.92. The van der Waals surface area contributed by atoms with Gasteiger partial charge in [0.25, 0.3) is 0 Å². The summed E-state index contributed by atoms with van der Waals surface area (Å²) in [5.74, 6) is -0.160. The first-order valence-corrected chi connectivity index (χ1v) is 8.96. The monoisotopic (exact) mass is 304 g/mol. The van der Waals surface area contributed by atoms with E-state index in [1.54, 1.807) is 0 Å². The fourth-order valence-corrected chi connectivity index (χ4v) is 2.71. The van der Waals surface area contributed by atoms with Crippen molar-refractivity contribution in [3.8, 4) is 0 Å². The molecular weight excluding hydrogens is 272 g/mol. The van der Waals surface area contributed by atoms with Gasteiger partial charge in [0.05, 0.1) is 6.61 Å². The van der Waals surface area contributed by atoms with Crippen LogP contribution in [0.1, 0.15) is 76.7 Å². The zero-order valence-corrected chi connectivity index (χ0v) is 14.2. The number of carbonyl (C=O) groups is 1. The number of ether oxygens (including phenoxy) is 1. The number of carbonyl (C=O) groups excluding carboxylic acids is 1. The molecule has 0 aromatic heterocycles. The van der Waals surface area contributed by atoms with Crippen molar-refractivity contribution in [1.29, 1.82) is 0 Å². The molecule has 0 fully saturated rings. The van der Waals surface area contributed by atoms with Gasteiger partial charge in [0, 0.05) is 6.92 Å². The van der Waals surface area contributed by atoms with E-state index >= 15 is 0 Å². The van der Waals surface area contributed by atoms with Crippen molar-refractivity contribution in [1.82, 2.24) is 0 Å². The van der Waals surface area contributed by atoms with E-state index < -0.39 is 0 Å². The largest absolute Gasteiger partial charge is 0.466 e. The van der Waals surface area contributed by atoms with Crippen LogP contribution < -0.4 is 0 Å². The summed E-state index contributed by atoms with van der Waals surface area (Å²) in [4.78, 5) is 10.6. The third-order valence-electron chi connectivity index (χ3n) is 4.01. The Kier molecular flexibility index (Phi) is 11.4. The highest BCUT2D eigenvalue weighted by Gasteiger charge is 1.96. The Labute approximate surface area is 136 Å². The third kappa shape index (κ3) is 11.4. The molecule has 0 aliphatic heterocycles. The maximum Gasteiger partial charge on any atom is 0.302 e. The van der Waals surface area contributed by atoms with Crippen molar-refractivity contribution in [2.75, 3.05) is 6.61 Å². The Morgan fingerprint density at radius 3 is 1.82 bits per heavy atom. The molecule has 1 aromatic carbocycles. The molecule has 0 N–H and O–H groups in total. The van der Waals surface area contributed by atoms with E-state index in [-0.39, 0.29) is 5.97 Å². The molecule has 0 atom stereocenters. The summed E-state index contributed by atoms with van der Waals surface area (Å²) >= 11 is 0. The number of benzene rings is 1. The molecule has 0 aliphatic carbocycles. The van der Waals surface area contributed by atoms with Gasteiger partial charge >= 0.3 is 5.97 Å². The van der Waals surface area contributed by atoms with E-state index in [9.17, 15) is 4.79 Å². The predicted molar refractivity (Wildman–Crippen MR) is 92.9 cm³/mol. The lowest BCUT2D eigenvalue weighted by atomic mass is 10.0. The van der Waals surface area contributed by atoms with Crippen LogP contribution in [0.25, 0.3) is 0 Å². The fourth-order valence-electron chi connectivity index (χ4n) is 2.71. The topological polar surface area (TPSA) is 26.3 Å². The summed E-state index contributed by atoms with van der Waals surface area (Å²) in [5, 5.41) is 0. The molecule has 1 aromatic rings. The lowest BCUT2D eigenvalue weighted by molar-refractivity contribution is -0.141. The fraction of sp³-hybridized carbons (Fsp3) is 0.650. The van der Waals surface area contributed by atoms with Gasteiger partial charge in [-0.15, -0.1) is 0 Å². The minimum atomic E-state index is -0.160. The SMILES string of the molecule is CC(=O)OCCCCCCCCCCCCc1ccccc1. The molecule has 0 unspecified atom stereocenters. The first kappa shape index (κ1) is 18.7. The highest BCUT2D eigenvalue weighted by molar-refractivity contribution is 5.65. The zero-order chi connectivity index (χ0) is 15.9. The second-order valence-corrected chi connectivity index (χ2v) is 6.11. The molecule has 0 aliphatic rings. The van der Waals surface area contributed by atoms with Crippen molar-refractivity contribution >= 4 is 5.97 Å². The highest BCUT2D eigenvalue weighted by Crippen LogP contribution is 2.12. The number of esters is 1. The summed E-state index contributed by atoms with van der Waals surface area (Å²) in [7, 11) is 0. The quantitative estimate of drug-likeness (QED) is 0.345. The Morgan fingerprint density at radius 2 is 1.27 bits per heavy atom. The number of unbranched alkanes of at least 4 members (excludes halogenated alkanes) is 9. The van der Waals surface area contributed by atoms with Gasteiger partial charge in [-0.3, -0.25) is 4.79 Å². The van der Waals surface area contributed by atoms with Gasteiger partial charge in [-0.2, -0.15) is 0 Å². The van der Waals surface area contributed by atoms with E-state index in [1.807, 2.05) is 0 Å². The summed E-state index contributed by atoms with van der Waals surface area (Å²) in [5.41, 5.74) is 1.47. The van der Waals surface area contributed by atoms with E-state index in [2.05, 4.69) is 30.3 Å². The van der Waals surface area contributed by atoms with Crippen LogP contribution in [0.15, 0.2) is 30.3 Å². The van der Waals surface area contributed by atoms with Gasteiger partial charge in [-0.25, -0.2) is 0 Å². The standard InChI is InChI=1S/C20H32O2/c1-19(21)22-18-14-9-7-5-3-2-4-6-8-11-15-20-16-12-10-13-17-20/h10,12-13,16-17H,2-9,11,14-15,18H2,1H3.